The fourth-order valence-corrected chi connectivity index (χ4v) is 1.04. The van der Waals surface area contributed by atoms with Crippen LogP contribution in [0.5, 0.6) is 11.5 Å². The molecule has 0 atom stereocenters. The van der Waals surface area contributed by atoms with E-state index in [1.54, 1.807) is 18.2 Å². The Morgan fingerprint density at radius 1 is 1.62 bits per heavy atom. The van der Waals surface area contributed by atoms with E-state index in [-0.39, 0.29) is 31.3 Å². The fourth-order valence-electron chi connectivity index (χ4n) is 0.991. The largest absolute Gasteiger partial charge is 2.00 e. The number of nitrogens with two attached hydrogens (primary N) is 1. The Balaban J connectivity index is 0.00000225. The van der Waals surface area contributed by atoms with Crippen molar-refractivity contribution in [2.45, 2.75) is 0 Å². The Morgan fingerprint density at radius 2 is 2.31 bits per heavy atom. The summed E-state index contributed by atoms with van der Waals surface area (Å²) in [6.45, 7) is 0. The first-order chi connectivity index (χ1) is 7.15. The summed E-state index contributed by atoms with van der Waals surface area (Å²) in [6.07, 6.45) is 1.46. The van der Waals surface area contributed by atoms with Gasteiger partial charge in [0, 0.05) is 0 Å². The molecule has 0 spiro atoms. The van der Waals surface area contributed by atoms with E-state index in [0.717, 1.165) is 0 Å². The molecule has 88 valence electrons. The molecule has 0 heterocycles. The van der Waals surface area contributed by atoms with Crippen molar-refractivity contribution < 1.29 is 30.3 Å². The molecule has 16 heavy (non-hydrogen) atoms. The molecule has 5 N–H and O–H groups in total. The van der Waals surface area contributed by atoms with Gasteiger partial charge in [0.2, 0.25) is 5.75 Å². The summed E-state index contributed by atoms with van der Waals surface area (Å²) in [5.74, 6) is 0.766. The van der Waals surface area contributed by atoms with Crippen LogP contribution in [0.2, 0.25) is 0 Å². The Kier molecular flexibility index (Phi) is 6.65. The average molecular weight is 333 g/mol. The van der Waals surface area contributed by atoms with Crippen molar-refractivity contribution in [2.75, 3.05) is 7.11 Å². The number of rotatable bonds is 3. The number of ether oxygens (including phenoxy) is 1. The molecule has 0 bridgehead atoms. The summed E-state index contributed by atoms with van der Waals surface area (Å²) >= 11 is 4.57. The minimum atomic E-state index is 0. The molecular formula is C9H12N3O2PdS+3. The third kappa shape index (κ3) is 4.15. The number of benzene rings is 1. The van der Waals surface area contributed by atoms with Crippen molar-refractivity contribution in [3.8, 4) is 11.5 Å². The first-order valence-electron chi connectivity index (χ1n) is 4.12. The average Bonchev–Trinajstić information content (AvgIpc) is 2.20. The minimum Gasteiger partial charge on any atom is -0.590 e. The van der Waals surface area contributed by atoms with Crippen molar-refractivity contribution >= 4 is 23.5 Å². The molecule has 0 radical (unpaired) electrons. The topological polar surface area (TPSA) is 82.5 Å². The van der Waals surface area contributed by atoms with Gasteiger partial charge in [0.05, 0.1) is 18.9 Å². The zero-order chi connectivity index (χ0) is 11.3. The van der Waals surface area contributed by atoms with Crippen LogP contribution in [0.3, 0.4) is 0 Å². The number of nitrogens with zero attached hydrogens (tertiary/aromatic N) is 1. The molecule has 1 aromatic rings. The summed E-state index contributed by atoms with van der Waals surface area (Å²) < 4.78 is 4.99. The molecule has 5 nitrogen and oxygen atoms in total. The normalized spacial score (nSPS) is 9.56. The van der Waals surface area contributed by atoms with E-state index in [4.69, 9.17) is 15.6 Å². The van der Waals surface area contributed by atoms with Gasteiger partial charge in [0.1, 0.15) is 0 Å². The van der Waals surface area contributed by atoms with Gasteiger partial charge in [-0.1, -0.05) is 6.07 Å². The molecule has 0 aliphatic rings. The van der Waals surface area contributed by atoms with Crippen LogP contribution in [0.25, 0.3) is 0 Å². The fraction of sp³-hybridized carbons (Fsp3) is 0.111. The van der Waals surface area contributed by atoms with Gasteiger partial charge in [0.25, 0.3) is 0 Å². The summed E-state index contributed by atoms with van der Waals surface area (Å²) in [4.78, 5) is 0. The van der Waals surface area contributed by atoms with Crippen molar-refractivity contribution in [3.63, 3.8) is 0 Å². The Bertz CT molecular complexity index is 398. The van der Waals surface area contributed by atoms with E-state index < -0.39 is 0 Å². The maximum absolute atomic E-state index is 7.72. The number of para-hydroxylation sites is 1. The number of thiocarbonyl (C=S) groups is 1. The van der Waals surface area contributed by atoms with E-state index in [9.17, 15) is 0 Å². The number of methoxy groups -OCH3 is 1. The second-order valence-electron chi connectivity index (χ2n) is 2.66. The van der Waals surface area contributed by atoms with Crippen LogP contribution in [-0.2, 0) is 20.4 Å². The molecule has 0 amide bonds. The minimum absolute atomic E-state index is 0. The summed E-state index contributed by atoms with van der Waals surface area (Å²) in [5, 5.41) is 11.6. The van der Waals surface area contributed by atoms with Crippen molar-refractivity contribution in [1.29, 1.82) is 0 Å². The first kappa shape index (κ1) is 14.8. The number of hydrogen-bond acceptors (Lipinski definition) is 3. The van der Waals surface area contributed by atoms with Gasteiger partial charge in [-0.3, -0.25) is 5.43 Å². The predicted molar refractivity (Wildman–Crippen MR) is 63.6 cm³/mol. The van der Waals surface area contributed by atoms with Gasteiger partial charge < -0.3 is 15.6 Å². The summed E-state index contributed by atoms with van der Waals surface area (Å²) in [6, 6.07) is 5.23. The molecule has 7 heteroatoms. The predicted octanol–water partition coefficient (Wildman–Crippen LogP) is 0.298. The first-order valence-corrected chi connectivity index (χ1v) is 4.53. The van der Waals surface area contributed by atoms with Crippen molar-refractivity contribution in [2.24, 2.45) is 10.8 Å². The number of hydrogen-bond donors (Lipinski definition) is 2. The van der Waals surface area contributed by atoms with Crippen molar-refractivity contribution in [3.05, 3.63) is 23.8 Å². The molecular weight excluding hydrogens is 321 g/mol. The van der Waals surface area contributed by atoms with Crippen LogP contribution < -0.4 is 15.9 Å². The van der Waals surface area contributed by atoms with Gasteiger partial charge >= 0.3 is 26.2 Å². The van der Waals surface area contributed by atoms with Gasteiger partial charge in [-0.25, -0.2) is 0 Å². The monoisotopic (exact) mass is 332 g/mol. The third-order valence-electron chi connectivity index (χ3n) is 1.66. The van der Waals surface area contributed by atoms with Crippen LogP contribution in [0, 0.1) is 0 Å². The molecule has 0 aromatic heterocycles. The zero-order valence-corrected chi connectivity index (χ0v) is 10.8. The molecule has 0 aliphatic heterocycles. The maximum Gasteiger partial charge on any atom is 2.00 e. The van der Waals surface area contributed by atoms with E-state index in [2.05, 4.69) is 22.7 Å². The third-order valence-corrected chi connectivity index (χ3v) is 1.75. The van der Waals surface area contributed by atoms with Crippen LogP contribution in [0.15, 0.2) is 23.3 Å². The zero-order valence-electron chi connectivity index (χ0n) is 8.47. The SMILES string of the molecule is COc1cccc(C=NNC(N)=S)c1[OH2+].[Pd+2]. The molecule has 1 aromatic carbocycles. The van der Waals surface area contributed by atoms with Gasteiger partial charge in [0.15, 0.2) is 5.11 Å². The van der Waals surface area contributed by atoms with Crippen LogP contribution in [-0.4, -0.2) is 23.5 Å². The Hall–Kier alpha value is -1.16. The molecule has 0 aliphatic carbocycles. The van der Waals surface area contributed by atoms with Gasteiger partial charge in [-0.15, -0.1) is 0 Å². The quantitative estimate of drug-likeness (QED) is 0.274. The molecule has 1 rings (SSSR count). The molecule has 0 fully saturated rings. The van der Waals surface area contributed by atoms with Crippen LogP contribution in [0.4, 0.5) is 0 Å². The van der Waals surface area contributed by atoms with E-state index in [0.29, 0.717) is 11.3 Å². The van der Waals surface area contributed by atoms with Crippen LogP contribution in [0.1, 0.15) is 5.56 Å². The second-order valence-corrected chi connectivity index (χ2v) is 3.10. The number of nitrogens with one attached hydrogen (secondary N) is 1. The van der Waals surface area contributed by atoms with Gasteiger partial charge in [-0.2, -0.15) is 5.10 Å². The standard InChI is InChI=1S/C9H11N3O2S.Pd/c1-14-7-4-2-3-6(8(7)13)5-11-12-9(10)15;/h2-5,13H,1H3,(H3,10,12,15);/q;+2/p+1. The molecule has 0 saturated carbocycles. The smallest absolute Gasteiger partial charge is 0.590 e. The summed E-state index contributed by atoms with van der Waals surface area (Å²) in [5.41, 5.74) is 8.22. The van der Waals surface area contributed by atoms with Crippen LogP contribution >= 0.6 is 12.2 Å². The molecule has 0 unspecified atom stereocenters. The summed E-state index contributed by atoms with van der Waals surface area (Å²) in [7, 11) is 1.52. The Labute approximate surface area is 112 Å². The number of hydrazone groups is 1. The van der Waals surface area contributed by atoms with E-state index in [1.165, 1.54) is 13.3 Å². The van der Waals surface area contributed by atoms with Gasteiger partial charge in [-0.05, 0) is 24.4 Å². The maximum atomic E-state index is 7.72. The Morgan fingerprint density at radius 3 is 2.88 bits per heavy atom. The van der Waals surface area contributed by atoms with E-state index in [1.807, 2.05) is 0 Å². The van der Waals surface area contributed by atoms with Crippen molar-refractivity contribution in [1.82, 2.24) is 5.43 Å². The second kappa shape index (κ2) is 7.17. The van der Waals surface area contributed by atoms with E-state index >= 15 is 0 Å². The molecule has 0 saturated heterocycles.